The number of thioether (sulfide) groups is 1. The Kier molecular flexibility index (Phi) is 7.95. The second kappa shape index (κ2) is 10.9. The van der Waals surface area contributed by atoms with Crippen molar-refractivity contribution in [1.29, 1.82) is 0 Å². The lowest BCUT2D eigenvalue weighted by Crippen LogP contribution is -2.50. The Balaban J connectivity index is 1.72. The number of methoxy groups -OCH3 is 1. The van der Waals surface area contributed by atoms with Gasteiger partial charge >= 0.3 is 0 Å². The van der Waals surface area contributed by atoms with Crippen molar-refractivity contribution in [2.45, 2.75) is 32.7 Å². The summed E-state index contributed by atoms with van der Waals surface area (Å²) in [5.41, 5.74) is 5.48. The van der Waals surface area contributed by atoms with Crippen LogP contribution in [0.5, 0.6) is 5.75 Å². The first-order valence-electron chi connectivity index (χ1n) is 10.3. The Morgan fingerprint density at radius 3 is 2.61 bits per heavy atom. The molecule has 0 atom stereocenters. The van der Waals surface area contributed by atoms with E-state index in [0.29, 0.717) is 5.56 Å². The van der Waals surface area contributed by atoms with Crippen LogP contribution in [0, 0.1) is 0 Å². The second-order valence-corrected chi connectivity index (χ2v) is 8.53. The van der Waals surface area contributed by atoms with Crippen molar-refractivity contribution in [3.8, 4) is 5.75 Å². The lowest BCUT2D eigenvalue weighted by Gasteiger charge is -2.27. The molecule has 2 aromatic rings. The van der Waals surface area contributed by atoms with E-state index in [9.17, 15) is 9.59 Å². The number of nitrogens with one attached hydrogen (secondary N) is 1. The van der Waals surface area contributed by atoms with Gasteiger partial charge in [-0.05, 0) is 67.0 Å². The Labute approximate surface area is 188 Å². The number of hydrazine groups is 1. The third kappa shape index (κ3) is 6.01. The standard InChI is InChI=1S/C25H28N2O3S/c1-18(2)27(26-25(29)19-10-5-4-6-11-19)24(28)17-31-23-15-8-7-14-22(23)20-12-9-13-21(16-20)30-3/h4-7,9-14,16,18H,8,15,17H2,1-3H3,(H,26,29). The van der Waals surface area contributed by atoms with Gasteiger partial charge in [0.1, 0.15) is 5.75 Å². The normalized spacial score (nSPS) is 13.3. The van der Waals surface area contributed by atoms with Gasteiger partial charge in [-0.15, -0.1) is 11.8 Å². The maximum atomic E-state index is 13.0. The molecule has 162 valence electrons. The average Bonchev–Trinajstić information content (AvgIpc) is 2.81. The van der Waals surface area contributed by atoms with E-state index in [1.165, 1.54) is 21.7 Å². The summed E-state index contributed by atoms with van der Waals surface area (Å²) in [6.45, 7) is 3.77. The van der Waals surface area contributed by atoms with Crippen LogP contribution in [0.1, 0.15) is 42.6 Å². The van der Waals surface area contributed by atoms with E-state index in [1.54, 1.807) is 31.4 Å². The summed E-state index contributed by atoms with van der Waals surface area (Å²) < 4.78 is 5.36. The van der Waals surface area contributed by atoms with Gasteiger partial charge in [0, 0.05) is 11.6 Å². The predicted octanol–water partition coefficient (Wildman–Crippen LogP) is 5.07. The predicted molar refractivity (Wildman–Crippen MR) is 127 cm³/mol. The number of ether oxygens (including phenoxy) is 1. The van der Waals surface area contributed by atoms with Crippen LogP contribution in [0.25, 0.3) is 5.57 Å². The molecule has 3 rings (SSSR count). The van der Waals surface area contributed by atoms with Crippen molar-refractivity contribution >= 4 is 29.1 Å². The monoisotopic (exact) mass is 436 g/mol. The molecular formula is C25H28N2O3S. The van der Waals surface area contributed by atoms with E-state index in [0.717, 1.165) is 29.7 Å². The molecule has 6 heteroatoms. The number of nitrogens with zero attached hydrogens (tertiary/aromatic N) is 1. The molecule has 0 aliphatic heterocycles. The summed E-state index contributed by atoms with van der Waals surface area (Å²) in [4.78, 5) is 26.7. The molecule has 1 aliphatic rings. The van der Waals surface area contributed by atoms with Crippen molar-refractivity contribution < 1.29 is 14.3 Å². The van der Waals surface area contributed by atoms with Crippen molar-refractivity contribution in [3.05, 3.63) is 82.8 Å². The molecule has 0 spiro atoms. The first-order valence-corrected chi connectivity index (χ1v) is 11.3. The van der Waals surface area contributed by atoms with Crippen molar-refractivity contribution in [3.63, 3.8) is 0 Å². The van der Waals surface area contributed by atoms with Gasteiger partial charge in [-0.1, -0.05) is 42.5 Å². The topological polar surface area (TPSA) is 58.6 Å². The molecule has 2 aromatic carbocycles. The lowest BCUT2D eigenvalue weighted by molar-refractivity contribution is -0.132. The number of hydrogen-bond acceptors (Lipinski definition) is 4. The van der Waals surface area contributed by atoms with Crippen LogP contribution in [0.15, 0.2) is 71.7 Å². The molecule has 0 saturated heterocycles. The SMILES string of the molecule is COc1cccc(C2=C(SCC(=O)N(NC(=O)c3ccccc3)C(C)C)CCC=C2)c1. The van der Waals surface area contributed by atoms with Gasteiger partial charge in [0.15, 0.2) is 0 Å². The summed E-state index contributed by atoms with van der Waals surface area (Å²) in [5.74, 6) is 0.643. The van der Waals surface area contributed by atoms with Gasteiger partial charge in [0.05, 0.1) is 12.9 Å². The zero-order chi connectivity index (χ0) is 22.2. The molecule has 31 heavy (non-hydrogen) atoms. The van der Waals surface area contributed by atoms with E-state index >= 15 is 0 Å². The van der Waals surface area contributed by atoms with Crippen LogP contribution in [-0.2, 0) is 4.79 Å². The summed E-state index contributed by atoms with van der Waals surface area (Å²) in [6.07, 6.45) is 6.10. The molecule has 5 nitrogen and oxygen atoms in total. The largest absolute Gasteiger partial charge is 0.497 e. The first-order chi connectivity index (χ1) is 15.0. The van der Waals surface area contributed by atoms with Gasteiger partial charge < -0.3 is 4.74 Å². The maximum absolute atomic E-state index is 13.0. The van der Waals surface area contributed by atoms with Gasteiger partial charge in [-0.3, -0.25) is 20.0 Å². The highest BCUT2D eigenvalue weighted by Gasteiger charge is 2.21. The van der Waals surface area contributed by atoms with Crippen LogP contribution in [-0.4, -0.2) is 35.7 Å². The van der Waals surface area contributed by atoms with Gasteiger partial charge in [0.2, 0.25) is 0 Å². The zero-order valence-electron chi connectivity index (χ0n) is 18.1. The zero-order valence-corrected chi connectivity index (χ0v) is 18.9. The molecule has 0 bridgehead atoms. The third-order valence-corrected chi connectivity index (χ3v) is 6.08. The molecule has 0 unspecified atom stereocenters. The summed E-state index contributed by atoms with van der Waals surface area (Å²) in [5, 5.41) is 1.42. The second-order valence-electron chi connectivity index (χ2n) is 7.46. The maximum Gasteiger partial charge on any atom is 0.269 e. The van der Waals surface area contributed by atoms with E-state index in [2.05, 4.69) is 23.6 Å². The van der Waals surface area contributed by atoms with Crippen LogP contribution in [0.4, 0.5) is 0 Å². The van der Waals surface area contributed by atoms with E-state index in [4.69, 9.17) is 4.74 Å². The minimum Gasteiger partial charge on any atom is -0.497 e. The highest BCUT2D eigenvalue weighted by Crippen LogP contribution is 2.36. The highest BCUT2D eigenvalue weighted by molar-refractivity contribution is 8.03. The fourth-order valence-corrected chi connectivity index (χ4v) is 4.34. The molecule has 1 N–H and O–H groups in total. The van der Waals surface area contributed by atoms with E-state index < -0.39 is 0 Å². The molecule has 0 heterocycles. The summed E-state index contributed by atoms with van der Waals surface area (Å²) >= 11 is 1.54. The summed E-state index contributed by atoms with van der Waals surface area (Å²) in [7, 11) is 1.66. The van der Waals surface area contributed by atoms with Gasteiger partial charge in [0.25, 0.3) is 11.8 Å². The smallest absolute Gasteiger partial charge is 0.269 e. The van der Waals surface area contributed by atoms with Crippen LogP contribution in [0.3, 0.4) is 0 Å². The van der Waals surface area contributed by atoms with Crippen LogP contribution in [0.2, 0.25) is 0 Å². The molecule has 0 radical (unpaired) electrons. The quantitative estimate of drug-likeness (QED) is 0.616. The number of hydrogen-bond donors (Lipinski definition) is 1. The Hall–Kier alpha value is -2.99. The number of benzene rings is 2. The Morgan fingerprint density at radius 2 is 1.90 bits per heavy atom. The van der Waals surface area contributed by atoms with Crippen LogP contribution >= 0.6 is 11.8 Å². The van der Waals surface area contributed by atoms with Crippen molar-refractivity contribution in [1.82, 2.24) is 10.4 Å². The third-order valence-electron chi connectivity index (χ3n) is 4.92. The number of carbonyl (C=O) groups is 2. The molecule has 2 amide bonds. The van der Waals surface area contributed by atoms with Crippen molar-refractivity contribution in [2.24, 2.45) is 0 Å². The number of allylic oxidation sites excluding steroid dienone is 4. The molecular weight excluding hydrogens is 408 g/mol. The van der Waals surface area contributed by atoms with Gasteiger partial charge in [-0.25, -0.2) is 0 Å². The minimum atomic E-state index is -0.287. The van der Waals surface area contributed by atoms with Crippen molar-refractivity contribution in [2.75, 3.05) is 12.9 Å². The fourth-order valence-electron chi connectivity index (χ4n) is 3.30. The fraction of sp³-hybridized carbons (Fsp3) is 0.280. The minimum absolute atomic E-state index is 0.128. The summed E-state index contributed by atoms with van der Waals surface area (Å²) in [6, 6.07) is 16.7. The molecule has 1 aliphatic carbocycles. The number of carbonyl (C=O) groups excluding carboxylic acids is 2. The molecule has 0 fully saturated rings. The first kappa shape index (κ1) is 22.7. The van der Waals surface area contributed by atoms with E-state index in [1.807, 2.05) is 38.1 Å². The van der Waals surface area contributed by atoms with E-state index in [-0.39, 0.29) is 23.6 Å². The lowest BCUT2D eigenvalue weighted by atomic mass is 9.99. The number of amides is 2. The molecule has 0 saturated carbocycles. The van der Waals surface area contributed by atoms with Gasteiger partial charge in [-0.2, -0.15) is 0 Å². The molecule has 0 aromatic heterocycles. The highest BCUT2D eigenvalue weighted by atomic mass is 32.2. The average molecular weight is 437 g/mol. The number of rotatable bonds is 7. The Bertz CT molecular complexity index is 983. The Morgan fingerprint density at radius 1 is 1.13 bits per heavy atom. The van der Waals surface area contributed by atoms with Crippen LogP contribution < -0.4 is 10.2 Å².